The smallest absolute Gasteiger partial charge is 0.137 e. The normalized spacial score (nSPS) is 16.6. The van der Waals surface area contributed by atoms with Crippen LogP contribution in [0.2, 0.25) is 5.02 Å². The van der Waals surface area contributed by atoms with Gasteiger partial charge in [-0.05, 0) is 34.9 Å². The van der Waals surface area contributed by atoms with Crippen molar-refractivity contribution in [3.05, 3.63) is 106 Å². The first-order valence-corrected chi connectivity index (χ1v) is 9.13. The van der Waals surface area contributed by atoms with Gasteiger partial charge in [-0.2, -0.15) is 0 Å². The fourth-order valence-electron chi connectivity index (χ4n) is 3.69. The van der Waals surface area contributed by atoms with Gasteiger partial charge < -0.3 is 4.90 Å². The Kier molecular flexibility index (Phi) is 3.65. The molecule has 0 aromatic heterocycles. The standard InChI is InChI=1S/C23H17ClN2/c24-19-11-9-16(10-12-19)13-22-20-7-3-4-8-21(20)23(25-22)26-14-17-5-1-2-6-18(17)15-26/h1-13H,14-15H2/b22-13-. The van der Waals surface area contributed by atoms with Crippen molar-refractivity contribution >= 4 is 29.2 Å². The average Bonchev–Trinajstić information content (AvgIpc) is 3.25. The van der Waals surface area contributed by atoms with Crippen molar-refractivity contribution in [2.24, 2.45) is 4.99 Å². The maximum atomic E-state index is 6.01. The van der Waals surface area contributed by atoms with E-state index in [-0.39, 0.29) is 0 Å². The van der Waals surface area contributed by atoms with Crippen LogP contribution in [-0.4, -0.2) is 10.7 Å². The van der Waals surface area contributed by atoms with Crippen molar-refractivity contribution in [1.29, 1.82) is 0 Å². The second-order valence-electron chi connectivity index (χ2n) is 6.69. The molecule has 26 heavy (non-hydrogen) atoms. The van der Waals surface area contributed by atoms with Crippen molar-refractivity contribution < 1.29 is 0 Å². The van der Waals surface area contributed by atoms with E-state index in [9.17, 15) is 0 Å². The Bertz CT molecular complexity index is 1020. The first-order chi connectivity index (χ1) is 12.8. The Morgan fingerprint density at radius 2 is 1.38 bits per heavy atom. The van der Waals surface area contributed by atoms with Gasteiger partial charge in [0.2, 0.25) is 0 Å². The Labute approximate surface area is 158 Å². The lowest BCUT2D eigenvalue weighted by Gasteiger charge is -2.17. The van der Waals surface area contributed by atoms with Gasteiger partial charge >= 0.3 is 0 Å². The van der Waals surface area contributed by atoms with E-state index in [1.165, 1.54) is 22.3 Å². The molecule has 0 fully saturated rings. The van der Waals surface area contributed by atoms with E-state index in [1.807, 2.05) is 24.3 Å². The number of hydrogen-bond donors (Lipinski definition) is 0. The van der Waals surface area contributed by atoms with Gasteiger partial charge in [-0.15, -0.1) is 0 Å². The van der Waals surface area contributed by atoms with E-state index in [1.54, 1.807) is 0 Å². The molecule has 3 heteroatoms. The van der Waals surface area contributed by atoms with Gasteiger partial charge in [0.25, 0.3) is 0 Å². The van der Waals surface area contributed by atoms with Crippen molar-refractivity contribution in [3.63, 3.8) is 0 Å². The number of fused-ring (bicyclic) bond motifs is 2. The van der Waals surface area contributed by atoms with E-state index >= 15 is 0 Å². The van der Waals surface area contributed by atoms with Crippen LogP contribution >= 0.6 is 11.6 Å². The van der Waals surface area contributed by atoms with E-state index in [0.717, 1.165) is 35.2 Å². The largest absolute Gasteiger partial charge is 0.347 e. The summed E-state index contributed by atoms with van der Waals surface area (Å²) in [5, 5.41) is 0.748. The highest BCUT2D eigenvalue weighted by atomic mass is 35.5. The molecule has 0 unspecified atom stereocenters. The molecule has 2 heterocycles. The van der Waals surface area contributed by atoms with Crippen LogP contribution in [0.25, 0.3) is 11.8 Å². The van der Waals surface area contributed by atoms with Crippen LogP contribution in [0.3, 0.4) is 0 Å². The van der Waals surface area contributed by atoms with Crippen molar-refractivity contribution in [2.45, 2.75) is 13.1 Å². The molecule has 5 rings (SSSR count). The lowest BCUT2D eigenvalue weighted by molar-refractivity contribution is 0.449. The Morgan fingerprint density at radius 1 is 0.769 bits per heavy atom. The zero-order chi connectivity index (χ0) is 17.5. The summed E-state index contributed by atoms with van der Waals surface area (Å²) in [4.78, 5) is 7.38. The highest BCUT2D eigenvalue weighted by molar-refractivity contribution is 6.30. The minimum Gasteiger partial charge on any atom is -0.347 e. The van der Waals surface area contributed by atoms with E-state index in [4.69, 9.17) is 16.6 Å². The van der Waals surface area contributed by atoms with Gasteiger partial charge in [-0.25, -0.2) is 4.99 Å². The minimum absolute atomic E-state index is 0.748. The molecule has 0 bridgehead atoms. The second kappa shape index (κ2) is 6.15. The summed E-state index contributed by atoms with van der Waals surface area (Å²) in [7, 11) is 0. The topological polar surface area (TPSA) is 15.6 Å². The molecule has 3 aromatic rings. The number of hydrogen-bond acceptors (Lipinski definition) is 2. The summed E-state index contributed by atoms with van der Waals surface area (Å²) >= 11 is 6.01. The second-order valence-corrected chi connectivity index (χ2v) is 7.12. The Hall–Kier alpha value is -2.84. The number of rotatable bonds is 1. The van der Waals surface area contributed by atoms with Crippen molar-refractivity contribution in [1.82, 2.24) is 4.90 Å². The molecule has 0 aliphatic carbocycles. The number of halogens is 1. The van der Waals surface area contributed by atoms with Crippen LogP contribution in [0, 0.1) is 0 Å². The monoisotopic (exact) mass is 356 g/mol. The summed E-state index contributed by atoms with van der Waals surface area (Å²) in [6.07, 6.45) is 2.13. The zero-order valence-electron chi connectivity index (χ0n) is 14.2. The van der Waals surface area contributed by atoms with E-state index < -0.39 is 0 Å². The third kappa shape index (κ3) is 2.63. The molecule has 0 N–H and O–H groups in total. The number of aliphatic imine (C=N–C) groups is 1. The van der Waals surface area contributed by atoms with Crippen LogP contribution in [0.1, 0.15) is 27.8 Å². The Balaban J connectivity index is 1.55. The summed E-state index contributed by atoms with van der Waals surface area (Å²) in [5.41, 5.74) is 7.29. The SMILES string of the molecule is Clc1ccc(/C=C2\N=C(N3Cc4ccccc4C3)c3ccccc32)cc1. The van der Waals surface area contributed by atoms with Crippen molar-refractivity contribution in [2.75, 3.05) is 0 Å². The van der Waals surface area contributed by atoms with Gasteiger partial charge in [0.05, 0.1) is 5.70 Å². The average molecular weight is 357 g/mol. The molecule has 0 saturated heterocycles. The summed E-state index contributed by atoms with van der Waals surface area (Å²) in [5.74, 6) is 1.07. The molecule has 0 amide bonds. The third-order valence-corrected chi connectivity index (χ3v) is 5.24. The molecule has 3 aromatic carbocycles. The van der Waals surface area contributed by atoms with Gasteiger partial charge in [0.1, 0.15) is 5.84 Å². The summed E-state index contributed by atoms with van der Waals surface area (Å²) < 4.78 is 0. The molecular formula is C23H17ClN2. The fraction of sp³-hybridized carbons (Fsp3) is 0.0870. The number of benzene rings is 3. The van der Waals surface area contributed by atoms with E-state index in [2.05, 4.69) is 59.5 Å². The molecular weight excluding hydrogens is 340 g/mol. The number of nitrogens with zero attached hydrogens (tertiary/aromatic N) is 2. The quantitative estimate of drug-likeness (QED) is 0.553. The van der Waals surface area contributed by atoms with Crippen LogP contribution in [-0.2, 0) is 13.1 Å². The zero-order valence-corrected chi connectivity index (χ0v) is 14.9. The predicted molar refractivity (Wildman–Crippen MR) is 108 cm³/mol. The molecule has 2 aliphatic rings. The number of amidine groups is 1. The molecule has 126 valence electrons. The van der Waals surface area contributed by atoms with Crippen LogP contribution in [0.15, 0.2) is 77.8 Å². The predicted octanol–water partition coefficient (Wildman–Crippen LogP) is 5.61. The van der Waals surface area contributed by atoms with Crippen LogP contribution in [0.5, 0.6) is 0 Å². The lowest BCUT2D eigenvalue weighted by Crippen LogP contribution is -2.25. The van der Waals surface area contributed by atoms with E-state index in [0.29, 0.717) is 0 Å². The lowest BCUT2D eigenvalue weighted by atomic mass is 10.0. The van der Waals surface area contributed by atoms with Gasteiger partial charge in [0, 0.05) is 29.2 Å². The van der Waals surface area contributed by atoms with Gasteiger partial charge in [-0.1, -0.05) is 72.3 Å². The first-order valence-electron chi connectivity index (χ1n) is 8.75. The van der Waals surface area contributed by atoms with Crippen LogP contribution < -0.4 is 0 Å². The fourth-order valence-corrected chi connectivity index (χ4v) is 3.81. The molecule has 0 atom stereocenters. The highest BCUT2D eigenvalue weighted by Gasteiger charge is 2.28. The van der Waals surface area contributed by atoms with Crippen molar-refractivity contribution in [3.8, 4) is 0 Å². The molecule has 0 radical (unpaired) electrons. The maximum absolute atomic E-state index is 6.01. The Morgan fingerprint density at radius 3 is 2.08 bits per heavy atom. The van der Waals surface area contributed by atoms with Crippen LogP contribution in [0.4, 0.5) is 0 Å². The highest BCUT2D eigenvalue weighted by Crippen LogP contribution is 2.34. The first kappa shape index (κ1) is 15.4. The maximum Gasteiger partial charge on any atom is 0.137 e. The molecule has 0 spiro atoms. The minimum atomic E-state index is 0.748. The third-order valence-electron chi connectivity index (χ3n) is 4.98. The van der Waals surface area contributed by atoms with Gasteiger partial charge in [-0.3, -0.25) is 0 Å². The molecule has 2 nitrogen and oxygen atoms in total. The van der Waals surface area contributed by atoms with Gasteiger partial charge in [0.15, 0.2) is 0 Å². The summed E-state index contributed by atoms with van der Waals surface area (Å²) in [6, 6.07) is 25.0. The molecule has 0 saturated carbocycles. The summed E-state index contributed by atoms with van der Waals surface area (Å²) in [6.45, 7) is 1.83. The molecule has 2 aliphatic heterocycles.